The normalized spacial score (nSPS) is 10.8. The predicted octanol–water partition coefficient (Wildman–Crippen LogP) is 5.55. The quantitative estimate of drug-likeness (QED) is 0.466. The van der Waals surface area contributed by atoms with Crippen LogP contribution in [0.3, 0.4) is 0 Å². The number of amides is 1. The number of nitrogens with one attached hydrogen (secondary N) is 1. The van der Waals surface area contributed by atoms with E-state index in [9.17, 15) is 9.59 Å². The van der Waals surface area contributed by atoms with Gasteiger partial charge in [0.05, 0.1) is 5.39 Å². The Morgan fingerprint density at radius 2 is 1.65 bits per heavy atom. The molecule has 0 atom stereocenters. The maximum atomic E-state index is 13.3. The van der Waals surface area contributed by atoms with Gasteiger partial charge in [0.15, 0.2) is 11.0 Å². The van der Waals surface area contributed by atoms with Crippen molar-refractivity contribution in [2.75, 3.05) is 5.32 Å². The van der Waals surface area contributed by atoms with Gasteiger partial charge in [0, 0.05) is 11.3 Å². The molecule has 5 heteroatoms. The van der Waals surface area contributed by atoms with E-state index in [1.165, 1.54) is 0 Å². The second-order valence-electron chi connectivity index (χ2n) is 7.52. The summed E-state index contributed by atoms with van der Waals surface area (Å²) in [6, 6.07) is 20.5. The fourth-order valence-corrected chi connectivity index (χ4v) is 3.34. The fraction of sp³-hybridized carbons (Fsp3) is 0.154. The number of aryl methyl sites for hydroxylation is 2. The summed E-state index contributed by atoms with van der Waals surface area (Å²) < 4.78 is 11.9. The molecule has 0 saturated carbocycles. The van der Waals surface area contributed by atoms with Gasteiger partial charge in [0.25, 0.3) is 5.91 Å². The summed E-state index contributed by atoms with van der Waals surface area (Å²) in [5, 5.41) is 3.24. The second kappa shape index (κ2) is 8.48. The lowest BCUT2D eigenvalue weighted by Gasteiger charge is -2.15. The van der Waals surface area contributed by atoms with Crippen molar-refractivity contribution in [2.24, 2.45) is 0 Å². The number of hydrogen-bond acceptors (Lipinski definition) is 4. The van der Waals surface area contributed by atoms with Crippen LogP contribution in [0.1, 0.15) is 32.8 Å². The van der Waals surface area contributed by atoms with E-state index >= 15 is 0 Å². The molecule has 0 radical (unpaired) electrons. The van der Waals surface area contributed by atoms with E-state index in [0.29, 0.717) is 28.1 Å². The van der Waals surface area contributed by atoms with Crippen molar-refractivity contribution in [1.29, 1.82) is 0 Å². The Hall–Kier alpha value is -3.86. The van der Waals surface area contributed by atoms with Gasteiger partial charge in [-0.2, -0.15) is 0 Å². The van der Waals surface area contributed by atoms with E-state index in [1.54, 1.807) is 26.0 Å². The first-order valence-electron chi connectivity index (χ1n) is 10.1. The van der Waals surface area contributed by atoms with Gasteiger partial charge in [-0.3, -0.25) is 9.59 Å². The van der Waals surface area contributed by atoms with Gasteiger partial charge in [-0.25, -0.2) is 0 Å². The van der Waals surface area contributed by atoms with E-state index in [0.717, 1.165) is 11.1 Å². The number of hydrogen-bond donors (Lipinski definition) is 1. The Balaban J connectivity index is 1.80. The highest BCUT2D eigenvalue weighted by Gasteiger charge is 2.22. The highest BCUT2D eigenvalue weighted by molar-refractivity contribution is 6.13. The van der Waals surface area contributed by atoms with Gasteiger partial charge in [-0.15, -0.1) is 0 Å². The van der Waals surface area contributed by atoms with E-state index in [1.807, 2.05) is 61.5 Å². The summed E-state index contributed by atoms with van der Waals surface area (Å²) in [4.78, 5) is 26.1. The summed E-state index contributed by atoms with van der Waals surface area (Å²) in [5.74, 6) is 0.429. The van der Waals surface area contributed by atoms with Crippen LogP contribution in [0, 0.1) is 20.8 Å². The first-order chi connectivity index (χ1) is 14.9. The van der Waals surface area contributed by atoms with Crippen LogP contribution in [0.25, 0.3) is 11.0 Å². The molecule has 0 unspecified atom stereocenters. The Morgan fingerprint density at radius 1 is 0.935 bits per heavy atom. The molecule has 0 aliphatic heterocycles. The molecule has 0 spiro atoms. The Labute approximate surface area is 180 Å². The summed E-state index contributed by atoms with van der Waals surface area (Å²) in [5.41, 5.74) is 3.50. The Bertz CT molecular complexity index is 1310. The van der Waals surface area contributed by atoms with E-state index in [2.05, 4.69) is 5.32 Å². The topological polar surface area (TPSA) is 68.5 Å². The molecule has 0 saturated heterocycles. The van der Waals surface area contributed by atoms with Crippen molar-refractivity contribution in [3.8, 4) is 5.75 Å². The van der Waals surface area contributed by atoms with E-state index in [4.69, 9.17) is 9.15 Å². The highest BCUT2D eigenvalue weighted by Crippen LogP contribution is 2.30. The molecule has 1 aromatic heterocycles. The third kappa shape index (κ3) is 4.21. The molecule has 0 aliphatic carbocycles. The average molecular weight is 413 g/mol. The first kappa shape index (κ1) is 20.4. The number of anilines is 1. The van der Waals surface area contributed by atoms with Crippen molar-refractivity contribution in [3.05, 3.63) is 105 Å². The molecule has 31 heavy (non-hydrogen) atoms. The molecule has 0 bridgehead atoms. The van der Waals surface area contributed by atoms with Gasteiger partial charge >= 0.3 is 0 Å². The monoisotopic (exact) mass is 413 g/mol. The van der Waals surface area contributed by atoms with Crippen LogP contribution in [0.4, 0.5) is 5.69 Å². The lowest BCUT2D eigenvalue weighted by molar-refractivity contribution is 0.102. The van der Waals surface area contributed by atoms with Crippen LogP contribution in [0.15, 0.2) is 75.9 Å². The van der Waals surface area contributed by atoms with Crippen molar-refractivity contribution < 1.29 is 13.9 Å². The standard InChI is InChI=1S/C26H23NO4/c1-16-9-11-20(12-10-16)27-26(29)23-22(30-15-19-7-5-4-6-8-19)14-13-21-24(28)17(2)18(3)31-25(21)23/h4-14H,15H2,1-3H3,(H,27,29). The molecule has 3 aromatic carbocycles. The second-order valence-corrected chi connectivity index (χ2v) is 7.52. The summed E-state index contributed by atoms with van der Waals surface area (Å²) in [6.45, 7) is 5.69. The summed E-state index contributed by atoms with van der Waals surface area (Å²) >= 11 is 0. The number of carbonyl (C=O) groups excluding carboxylic acids is 1. The molecule has 1 amide bonds. The molecule has 4 aromatic rings. The molecule has 0 fully saturated rings. The van der Waals surface area contributed by atoms with Crippen molar-refractivity contribution in [3.63, 3.8) is 0 Å². The van der Waals surface area contributed by atoms with Crippen LogP contribution < -0.4 is 15.5 Å². The molecular formula is C26H23NO4. The maximum absolute atomic E-state index is 13.3. The van der Waals surface area contributed by atoms with Crippen molar-refractivity contribution in [2.45, 2.75) is 27.4 Å². The van der Waals surface area contributed by atoms with Gasteiger partial charge in [0.2, 0.25) is 0 Å². The minimum atomic E-state index is -0.399. The van der Waals surface area contributed by atoms with E-state index < -0.39 is 5.91 Å². The third-order valence-corrected chi connectivity index (χ3v) is 5.26. The summed E-state index contributed by atoms with van der Waals surface area (Å²) in [7, 11) is 0. The molecular weight excluding hydrogens is 390 g/mol. The molecule has 156 valence electrons. The number of ether oxygens (including phenoxy) is 1. The zero-order chi connectivity index (χ0) is 22.0. The number of benzene rings is 3. The lowest BCUT2D eigenvalue weighted by Crippen LogP contribution is -2.16. The zero-order valence-corrected chi connectivity index (χ0v) is 17.7. The van der Waals surface area contributed by atoms with Gasteiger partial charge in [-0.05, 0) is 50.6 Å². The number of carbonyl (C=O) groups is 1. The first-order valence-corrected chi connectivity index (χ1v) is 10.1. The van der Waals surface area contributed by atoms with Crippen molar-refractivity contribution in [1.82, 2.24) is 0 Å². The molecule has 5 nitrogen and oxygen atoms in total. The maximum Gasteiger partial charge on any atom is 0.263 e. The van der Waals surface area contributed by atoms with Crippen LogP contribution >= 0.6 is 0 Å². The fourth-order valence-electron chi connectivity index (χ4n) is 3.34. The largest absolute Gasteiger partial charge is 0.488 e. The smallest absolute Gasteiger partial charge is 0.263 e. The lowest BCUT2D eigenvalue weighted by atomic mass is 10.1. The highest BCUT2D eigenvalue weighted by atomic mass is 16.5. The van der Waals surface area contributed by atoms with Gasteiger partial charge < -0.3 is 14.5 Å². The number of fused-ring (bicyclic) bond motifs is 1. The third-order valence-electron chi connectivity index (χ3n) is 5.26. The van der Waals surface area contributed by atoms with Crippen LogP contribution in [-0.2, 0) is 6.61 Å². The summed E-state index contributed by atoms with van der Waals surface area (Å²) in [6.07, 6.45) is 0. The zero-order valence-electron chi connectivity index (χ0n) is 17.7. The Kier molecular flexibility index (Phi) is 5.58. The molecule has 1 N–H and O–H groups in total. The van der Waals surface area contributed by atoms with E-state index in [-0.39, 0.29) is 23.2 Å². The van der Waals surface area contributed by atoms with Crippen LogP contribution in [0.5, 0.6) is 5.75 Å². The van der Waals surface area contributed by atoms with Crippen LogP contribution in [-0.4, -0.2) is 5.91 Å². The van der Waals surface area contributed by atoms with Gasteiger partial charge in [-0.1, -0.05) is 48.0 Å². The molecule has 0 aliphatic rings. The minimum absolute atomic E-state index is 0.155. The SMILES string of the molecule is Cc1ccc(NC(=O)c2c(OCc3ccccc3)ccc3c(=O)c(C)c(C)oc23)cc1. The minimum Gasteiger partial charge on any atom is -0.488 e. The molecule has 1 heterocycles. The average Bonchev–Trinajstić information content (AvgIpc) is 2.78. The predicted molar refractivity (Wildman–Crippen MR) is 122 cm³/mol. The Morgan fingerprint density at radius 3 is 2.35 bits per heavy atom. The van der Waals surface area contributed by atoms with Crippen LogP contribution in [0.2, 0.25) is 0 Å². The van der Waals surface area contributed by atoms with Gasteiger partial charge in [0.1, 0.15) is 23.7 Å². The number of rotatable bonds is 5. The van der Waals surface area contributed by atoms with Crippen molar-refractivity contribution >= 4 is 22.6 Å². The molecule has 4 rings (SSSR count).